The van der Waals surface area contributed by atoms with Crippen molar-refractivity contribution in [2.75, 3.05) is 5.32 Å². The largest absolute Gasteiger partial charge is 0.505 e. The summed E-state index contributed by atoms with van der Waals surface area (Å²) in [6.07, 6.45) is 0. The van der Waals surface area contributed by atoms with E-state index < -0.39 is 42.5 Å². The van der Waals surface area contributed by atoms with Crippen LogP contribution in [0, 0.1) is 13.8 Å². The fourth-order valence-electron chi connectivity index (χ4n) is 4.76. The number of aryl methyl sites for hydroxylation is 2. The molecule has 5 aromatic rings. The molecule has 5 aromatic carbocycles. The Labute approximate surface area is 285 Å². The first-order valence-electron chi connectivity index (χ1n) is 14.4. The van der Waals surface area contributed by atoms with Gasteiger partial charge in [0.05, 0.1) is 27.6 Å². The van der Waals surface area contributed by atoms with Gasteiger partial charge in [0.2, 0.25) is 0 Å². The lowest BCUT2D eigenvalue weighted by molar-refractivity contribution is 0.102. The summed E-state index contributed by atoms with van der Waals surface area (Å²) < 4.78 is 66.7. The zero-order chi connectivity index (χ0) is 36.4. The molecule has 50 heavy (non-hydrogen) atoms. The average molecular weight is 717 g/mol. The quantitative estimate of drug-likeness (QED) is 0.0425. The Morgan fingerprint density at radius 2 is 1.40 bits per heavy atom. The summed E-state index contributed by atoms with van der Waals surface area (Å²) in [5.41, 5.74) is 2.38. The van der Waals surface area contributed by atoms with Crippen LogP contribution >= 0.6 is 0 Å². The Morgan fingerprint density at radius 3 is 2.04 bits per heavy atom. The number of aliphatic hydroxyl groups excluding tert-OH is 1. The van der Waals surface area contributed by atoms with Crippen molar-refractivity contribution >= 4 is 76.9 Å². The Morgan fingerprint density at radius 1 is 0.720 bits per heavy atom. The van der Waals surface area contributed by atoms with Gasteiger partial charge in [-0.1, -0.05) is 6.07 Å². The van der Waals surface area contributed by atoms with Crippen molar-refractivity contribution in [1.29, 1.82) is 0 Å². The predicted molar refractivity (Wildman–Crippen MR) is 186 cm³/mol. The van der Waals surface area contributed by atoms with Crippen LogP contribution in [0.5, 0.6) is 5.75 Å². The van der Waals surface area contributed by atoms with Crippen LogP contribution in [0.2, 0.25) is 0 Å². The number of azo groups is 2. The number of nitrogens with one attached hydrogen (secondary N) is 1. The smallest absolute Gasteiger partial charge is 0.296 e. The second-order valence-corrected chi connectivity index (χ2v) is 13.8. The summed E-state index contributed by atoms with van der Waals surface area (Å²) in [6.45, 7) is 4.68. The molecule has 15 nitrogen and oxygen atoms in total. The summed E-state index contributed by atoms with van der Waals surface area (Å²) in [6, 6.07) is 20.1. The number of fused-ring (bicyclic) bond motifs is 1. The summed E-state index contributed by atoms with van der Waals surface area (Å²) in [5.74, 6) is -1.28. The van der Waals surface area contributed by atoms with Crippen molar-refractivity contribution < 1.29 is 40.9 Å². The van der Waals surface area contributed by atoms with Crippen molar-refractivity contribution in [1.82, 2.24) is 0 Å². The van der Waals surface area contributed by atoms with Gasteiger partial charge in [0.1, 0.15) is 10.6 Å². The maximum absolute atomic E-state index is 12.9. The Hall–Kier alpha value is -5.88. The van der Waals surface area contributed by atoms with Crippen LogP contribution in [0.3, 0.4) is 0 Å². The van der Waals surface area contributed by atoms with E-state index in [0.717, 1.165) is 6.07 Å². The molecule has 0 radical (unpaired) electrons. The maximum Gasteiger partial charge on any atom is 0.296 e. The minimum Gasteiger partial charge on any atom is -0.505 e. The predicted octanol–water partition coefficient (Wildman–Crippen LogP) is 8.35. The van der Waals surface area contributed by atoms with Gasteiger partial charge in [-0.25, -0.2) is 4.99 Å². The van der Waals surface area contributed by atoms with Crippen LogP contribution in [0.1, 0.15) is 28.4 Å². The van der Waals surface area contributed by atoms with Gasteiger partial charge in [-0.05, 0) is 109 Å². The fourth-order valence-corrected chi connectivity index (χ4v) is 5.98. The number of aliphatic imine (C=N–C) groups is 1. The molecule has 0 aliphatic heterocycles. The standard InChI is InChI=1S/C33H28N6O9S2/c1-18-13-25(36-37-29-12-9-26(14-19(29)2)49(43,44)45)8-11-28(18)38-39-31-30(50(46,47)48)17-22-16-24(7-10-27(22)32(31)41)35-33(42)21-5-4-6-23(15-21)34-20(3)40/h4-17,41H,1-3H3,(H,34,40)(H,35,42)(H,43,44,45)(H,46,47,48). The number of benzene rings is 5. The SMILES string of the molecule is CC(O)=Nc1cccc(C(=O)Nc2ccc3c(O)c(N=Nc4ccc(N=Nc5ccc(S(=O)(=O)O)cc5C)cc4C)c(S(=O)(=O)O)cc3c2)c1. The molecule has 0 fully saturated rings. The zero-order valence-electron chi connectivity index (χ0n) is 26.5. The van der Waals surface area contributed by atoms with Gasteiger partial charge >= 0.3 is 0 Å². The topological polar surface area (TPSA) is 240 Å². The van der Waals surface area contributed by atoms with E-state index in [4.69, 9.17) is 0 Å². The minimum atomic E-state index is -4.92. The normalized spacial score (nSPS) is 12.6. The number of rotatable bonds is 9. The van der Waals surface area contributed by atoms with Crippen LogP contribution in [0.25, 0.3) is 10.8 Å². The van der Waals surface area contributed by atoms with Crippen LogP contribution in [-0.4, -0.2) is 48.0 Å². The van der Waals surface area contributed by atoms with Crippen molar-refractivity contribution in [3.63, 3.8) is 0 Å². The molecule has 0 aliphatic carbocycles. The highest BCUT2D eigenvalue weighted by atomic mass is 32.2. The molecule has 0 spiro atoms. The Balaban J connectivity index is 1.42. The van der Waals surface area contributed by atoms with Crippen LogP contribution in [0.15, 0.2) is 120 Å². The molecule has 0 aromatic heterocycles. The lowest BCUT2D eigenvalue weighted by Crippen LogP contribution is -2.11. The van der Waals surface area contributed by atoms with E-state index in [9.17, 15) is 40.9 Å². The number of hydrogen-bond acceptors (Lipinski definition) is 11. The maximum atomic E-state index is 12.9. The molecular weight excluding hydrogens is 689 g/mol. The van der Waals surface area contributed by atoms with Gasteiger partial charge in [-0.15, -0.1) is 5.11 Å². The molecular formula is C33H28N6O9S2. The molecule has 5 rings (SSSR count). The molecule has 256 valence electrons. The molecule has 5 N–H and O–H groups in total. The second-order valence-electron chi connectivity index (χ2n) is 10.9. The first kappa shape index (κ1) is 35.4. The van der Waals surface area contributed by atoms with Crippen LogP contribution < -0.4 is 5.32 Å². The van der Waals surface area contributed by atoms with Gasteiger partial charge < -0.3 is 15.5 Å². The number of phenolic OH excluding ortho intramolecular Hbond substituents is 1. The Bertz CT molecular complexity index is 2490. The molecule has 0 atom stereocenters. The van der Waals surface area contributed by atoms with Gasteiger partial charge in [0.15, 0.2) is 11.6 Å². The van der Waals surface area contributed by atoms with Crippen LogP contribution in [-0.2, 0) is 20.2 Å². The summed E-state index contributed by atoms with van der Waals surface area (Å²) in [5, 5.41) is 39.8. The van der Waals surface area contributed by atoms with Crippen LogP contribution in [0.4, 0.5) is 34.1 Å². The lowest BCUT2D eigenvalue weighted by Gasteiger charge is -2.11. The Kier molecular flexibility index (Phi) is 9.87. The second kappa shape index (κ2) is 13.9. The molecule has 0 aliphatic rings. The van der Waals surface area contributed by atoms with Gasteiger partial charge in [0.25, 0.3) is 26.1 Å². The molecule has 0 saturated carbocycles. The van der Waals surface area contributed by atoms with Gasteiger partial charge in [0, 0.05) is 23.6 Å². The number of nitrogens with zero attached hydrogens (tertiary/aromatic N) is 5. The van der Waals surface area contributed by atoms with Crippen molar-refractivity contribution in [2.24, 2.45) is 25.4 Å². The fraction of sp³-hybridized carbons (Fsp3) is 0.0909. The third-order valence-electron chi connectivity index (χ3n) is 7.16. The average Bonchev–Trinajstić information content (AvgIpc) is 3.03. The number of anilines is 1. The van der Waals surface area contributed by atoms with Gasteiger partial charge in [-0.2, -0.15) is 32.2 Å². The lowest BCUT2D eigenvalue weighted by atomic mass is 10.1. The van der Waals surface area contributed by atoms with E-state index in [1.807, 2.05) is 0 Å². The zero-order valence-corrected chi connectivity index (χ0v) is 28.1. The molecule has 0 unspecified atom stereocenters. The number of phenols is 1. The summed E-state index contributed by atoms with van der Waals surface area (Å²) in [7, 11) is -9.28. The summed E-state index contributed by atoms with van der Waals surface area (Å²) >= 11 is 0. The molecule has 17 heteroatoms. The van der Waals surface area contributed by atoms with Crippen molar-refractivity contribution in [3.8, 4) is 5.75 Å². The third kappa shape index (κ3) is 8.21. The van der Waals surface area contributed by atoms with Gasteiger partial charge in [-0.3, -0.25) is 13.9 Å². The van der Waals surface area contributed by atoms with E-state index in [1.54, 1.807) is 44.2 Å². The number of aliphatic hydroxyl groups is 1. The molecule has 0 heterocycles. The minimum absolute atomic E-state index is 0.159. The number of aromatic hydroxyl groups is 1. The van der Waals surface area contributed by atoms with Crippen molar-refractivity contribution in [3.05, 3.63) is 102 Å². The molecule has 0 bridgehead atoms. The number of carbonyl (C=O) groups is 1. The number of amides is 1. The third-order valence-corrected chi connectivity index (χ3v) is 8.88. The monoisotopic (exact) mass is 716 g/mol. The van der Waals surface area contributed by atoms with E-state index in [0.29, 0.717) is 28.2 Å². The van der Waals surface area contributed by atoms with E-state index in [-0.39, 0.29) is 38.5 Å². The summed E-state index contributed by atoms with van der Waals surface area (Å²) in [4.78, 5) is 15.8. The number of carbonyl (C=O) groups excluding carboxylic acids is 1. The van der Waals surface area contributed by atoms with E-state index >= 15 is 0 Å². The highest BCUT2D eigenvalue weighted by Gasteiger charge is 2.22. The molecule has 0 saturated heterocycles. The molecule has 1 amide bonds. The first-order chi connectivity index (χ1) is 23.5. The first-order valence-corrected chi connectivity index (χ1v) is 17.3. The number of hydrogen-bond donors (Lipinski definition) is 5. The van der Waals surface area contributed by atoms with E-state index in [1.165, 1.54) is 55.5 Å². The highest BCUT2D eigenvalue weighted by Crippen LogP contribution is 2.42. The highest BCUT2D eigenvalue weighted by molar-refractivity contribution is 7.86. The van der Waals surface area contributed by atoms with Crippen molar-refractivity contribution in [2.45, 2.75) is 30.6 Å². The van der Waals surface area contributed by atoms with E-state index in [2.05, 4.69) is 30.8 Å².